The lowest BCUT2D eigenvalue weighted by Crippen LogP contribution is -2.17. The Morgan fingerprint density at radius 2 is 1.27 bits per heavy atom. The van der Waals surface area contributed by atoms with Crippen LogP contribution >= 0.6 is 0 Å². The van der Waals surface area contributed by atoms with Crippen LogP contribution in [-0.4, -0.2) is 18.0 Å². The van der Waals surface area contributed by atoms with E-state index in [9.17, 15) is 9.59 Å². The molecule has 5 nitrogen and oxygen atoms in total. The number of carbonyl (C=O) groups is 2. The highest BCUT2D eigenvalue weighted by Gasteiger charge is 2.07. The summed E-state index contributed by atoms with van der Waals surface area (Å²) < 4.78 is 0. The van der Waals surface area contributed by atoms with Crippen molar-refractivity contribution in [3.63, 3.8) is 0 Å². The van der Waals surface area contributed by atoms with E-state index in [0.717, 1.165) is 5.56 Å². The highest BCUT2D eigenvalue weighted by atomic mass is 16.2. The molecular weight excluding hydrogens is 326 g/mol. The van der Waals surface area contributed by atoms with Gasteiger partial charge in [-0.25, -0.2) is 5.43 Å². The highest BCUT2D eigenvalue weighted by Crippen LogP contribution is 2.11. The first-order chi connectivity index (χ1) is 12.7. The molecule has 0 aromatic heterocycles. The lowest BCUT2D eigenvalue weighted by Gasteiger charge is -2.06. The van der Waals surface area contributed by atoms with Crippen LogP contribution in [-0.2, 0) is 0 Å². The Bertz CT molecular complexity index is 905. The zero-order valence-electron chi connectivity index (χ0n) is 13.9. The molecule has 2 N–H and O–H groups in total. The van der Waals surface area contributed by atoms with E-state index >= 15 is 0 Å². The maximum atomic E-state index is 12.1. The maximum absolute atomic E-state index is 12.1. The molecule has 0 aliphatic rings. The smallest absolute Gasteiger partial charge is 0.271 e. The van der Waals surface area contributed by atoms with E-state index in [1.165, 1.54) is 0 Å². The Balaban J connectivity index is 1.57. The van der Waals surface area contributed by atoms with Gasteiger partial charge in [-0.3, -0.25) is 9.59 Å². The van der Waals surface area contributed by atoms with Crippen molar-refractivity contribution in [2.24, 2.45) is 5.10 Å². The number of benzene rings is 3. The number of nitrogens with one attached hydrogen (secondary N) is 2. The second kappa shape index (κ2) is 8.39. The quantitative estimate of drug-likeness (QED) is 0.548. The summed E-state index contributed by atoms with van der Waals surface area (Å²) >= 11 is 0. The van der Waals surface area contributed by atoms with Crippen molar-refractivity contribution < 1.29 is 9.59 Å². The Kier molecular flexibility index (Phi) is 5.52. The van der Waals surface area contributed by atoms with Gasteiger partial charge in [0.15, 0.2) is 0 Å². The number of carbonyl (C=O) groups excluding carboxylic acids is 2. The third-order valence-electron chi connectivity index (χ3n) is 3.62. The van der Waals surface area contributed by atoms with Crippen LogP contribution in [0, 0.1) is 0 Å². The lowest BCUT2D eigenvalue weighted by molar-refractivity contribution is 0.0954. The number of amides is 2. The number of hydrogen-bond donors (Lipinski definition) is 2. The molecule has 0 saturated heterocycles. The molecule has 0 bridgehead atoms. The van der Waals surface area contributed by atoms with Gasteiger partial charge >= 0.3 is 0 Å². The van der Waals surface area contributed by atoms with Crippen LogP contribution < -0.4 is 10.7 Å². The fourth-order valence-electron chi connectivity index (χ4n) is 2.27. The molecule has 3 aromatic rings. The molecule has 0 saturated carbocycles. The van der Waals surface area contributed by atoms with Crippen molar-refractivity contribution in [2.45, 2.75) is 0 Å². The molecule has 0 radical (unpaired) electrons. The SMILES string of the molecule is O=C(N/N=C\c1ccccc1)c1ccc(NC(=O)c2ccccc2)cc1. The average Bonchev–Trinajstić information content (AvgIpc) is 2.70. The zero-order chi connectivity index (χ0) is 18.2. The van der Waals surface area contributed by atoms with Gasteiger partial charge in [-0.05, 0) is 42.0 Å². The van der Waals surface area contributed by atoms with Gasteiger partial charge in [0.1, 0.15) is 0 Å². The monoisotopic (exact) mass is 343 g/mol. The van der Waals surface area contributed by atoms with Crippen LogP contribution in [0.2, 0.25) is 0 Å². The largest absolute Gasteiger partial charge is 0.322 e. The Morgan fingerprint density at radius 1 is 0.692 bits per heavy atom. The maximum Gasteiger partial charge on any atom is 0.271 e. The predicted molar refractivity (Wildman–Crippen MR) is 102 cm³/mol. The summed E-state index contributed by atoms with van der Waals surface area (Å²) in [6.45, 7) is 0. The number of rotatable bonds is 5. The molecule has 0 unspecified atom stereocenters. The van der Waals surface area contributed by atoms with E-state index in [1.54, 1.807) is 54.7 Å². The second-order valence-corrected chi connectivity index (χ2v) is 5.51. The first-order valence-electron chi connectivity index (χ1n) is 8.07. The van der Waals surface area contributed by atoms with Crippen LogP contribution in [0.25, 0.3) is 0 Å². The summed E-state index contributed by atoms with van der Waals surface area (Å²) in [7, 11) is 0. The van der Waals surface area contributed by atoms with Gasteiger partial charge in [0.2, 0.25) is 0 Å². The van der Waals surface area contributed by atoms with Crippen molar-refractivity contribution in [3.8, 4) is 0 Å². The van der Waals surface area contributed by atoms with Gasteiger partial charge in [-0.2, -0.15) is 5.10 Å². The molecule has 26 heavy (non-hydrogen) atoms. The molecule has 0 fully saturated rings. The summed E-state index contributed by atoms with van der Waals surface area (Å²) in [4.78, 5) is 24.2. The van der Waals surface area contributed by atoms with Gasteiger partial charge < -0.3 is 5.32 Å². The first kappa shape index (κ1) is 17.1. The Labute approximate surface area is 151 Å². The molecule has 2 amide bonds. The topological polar surface area (TPSA) is 70.6 Å². The average molecular weight is 343 g/mol. The lowest BCUT2D eigenvalue weighted by atomic mass is 10.1. The normalized spacial score (nSPS) is 10.5. The number of hydrogen-bond acceptors (Lipinski definition) is 3. The van der Waals surface area contributed by atoms with E-state index in [4.69, 9.17) is 0 Å². The van der Waals surface area contributed by atoms with Crippen LogP contribution in [0.4, 0.5) is 5.69 Å². The summed E-state index contributed by atoms with van der Waals surface area (Å²) in [6.07, 6.45) is 1.58. The van der Waals surface area contributed by atoms with Crippen molar-refractivity contribution in [1.29, 1.82) is 0 Å². The third-order valence-corrected chi connectivity index (χ3v) is 3.62. The minimum Gasteiger partial charge on any atom is -0.322 e. The summed E-state index contributed by atoms with van der Waals surface area (Å²) in [6, 6.07) is 25.0. The first-order valence-corrected chi connectivity index (χ1v) is 8.07. The molecule has 128 valence electrons. The zero-order valence-corrected chi connectivity index (χ0v) is 13.9. The van der Waals surface area contributed by atoms with E-state index in [-0.39, 0.29) is 11.8 Å². The van der Waals surface area contributed by atoms with Crippen LogP contribution in [0.5, 0.6) is 0 Å². The molecule has 0 aliphatic heterocycles. The van der Waals surface area contributed by atoms with E-state index in [1.807, 2.05) is 36.4 Å². The van der Waals surface area contributed by atoms with Gasteiger partial charge in [0.05, 0.1) is 6.21 Å². The number of hydrazone groups is 1. The van der Waals surface area contributed by atoms with Gasteiger partial charge in [0, 0.05) is 16.8 Å². The molecule has 0 heterocycles. The minimum absolute atomic E-state index is 0.199. The number of nitrogens with zero attached hydrogens (tertiary/aromatic N) is 1. The molecule has 3 aromatic carbocycles. The molecular formula is C21H17N3O2. The van der Waals surface area contributed by atoms with Crippen molar-refractivity contribution in [3.05, 3.63) is 102 Å². The molecule has 0 spiro atoms. The van der Waals surface area contributed by atoms with Gasteiger partial charge in [0.25, 0.3) is 11.8 Å². The van der Waals surface area contributed by atoms with E-state index in [0.29, 0.717) is 16.8 Å². The fraction of sp³-hybridized carbons (Fsp3) is 0. The van der Waals surface area contributed by atoms with Crippen molar-refractivity contribution in [1.82, 2.24) is 5.43 Å². The minimum atomic E-state index is -0.321. The highest BCUT2D eigenvalue weighted by molar-refractivity contribution is 6.04. The Morgan fingerprint density at radius 3 is 1.92 bits per heavy atom. The molecule has 5 heteroatoms. The number of anilines is 1. The molecule has 3 rings (SSSR count). The fourth-order valence-corrected chi connectivity index (χ4v) is 2.27. The van der Waals surface area contributed by atoms with Crippen LogP contribution in [0.3, 0.4) is 0 Å². The van der Waals surface area contributed by atoms with Crippen molar-refractivity contribution >= 4 is 23.7 Å². The van der Waals surface area contributed by atoms with E-state index in [2.05, 4.69) is 15.8 Å². The third kappa shape index (κ3) is 4.64. The summed E-state index contributed by atoms with van der Waals surface area (Å²) in [5.74, 6) is -0.520. The summed E-state index contributed by atoms with van der Waals surface area (Å²) in [5.41, 5.74) is 5.01. The molecule has 0 aliphatic carbocycles. The van der Waals surface area contributed by atoms with Crippen molar-refractivity contribution in [2.75, 3.05) is 5.32 Å². The van der Waals surface area contributed by atoms with Gasteiger partial charge in [-0.1, -0.05) is 48.5 Å². The standard InChI is InChI=1S/C21H17N3O2/c25-20(17-9-5-2-6-10-17)23-19-13-11-18(12-14-19)21(26)24-22-15-16-7-3-1-4-8-16/h1-15H,(H,23,25)(H,24,26)/b22-15-. The second-order valence-electron chi connectivity index (χ2n) is 5.51. The van der Waals surface area contributed by atoms with Crippen LogP contribution in [0.15, 0.2) is 90.0 Å². The Hall–Kier alpha value is -3.73. The summed E-state index contributed by atoms with van der Waals surface area (Å²) in [5, 5.41) is 6.72. The predicted octanol–water partition coefficient (Wildman–Crippen LogP) is 3.70. The van der Waals surface area contributed by atoms with E-state index < -0.39 is 0 Å². The van der Waals surface area contributed by atoms with Crippen LogP contribution in [0.1, 0.15) is 26.3 Å². The molecule has 0 atom stereocenters. The van der Waals surface area contributed by atoms with Gasteiger partial charge in [-0.15, -0.1) is 0 Å².